The molecule has 21 heavy (non-hydrogen) atoms. The summed E-state index contributed by atoms with van der Waals surface area (Å²) in [5.74, 6) is 0.0623. The molecule has 2 rings (SSSR count). The number of carbonyl (C=O) groups is 1. The largest absolute Gasteiger partial charge is 0.349 e. The minimum absolute atomic E-state index is 0.0352. The minimum Gasteiger partial charge on any atom is -0.349 e. The van der Waals surface area contributed by atoms with Crippen LogP contribution in [0.2, 0.25) is 0 Å². The van der Waals surface area contributed by atoms with Crippen molar-refractivity contribution in [2.75, 3.05) is 0 Å². The highest BCUT2D eigenvalue weighted by atomic mass is 16.1. The summed E-state index contributed by atoms with van der Waals surface area (Å²) in [4.78, 5) is 12.1. The second kappa shape index (κ2) is 7.07. The minimum atomic E-state index is 0.0352. The van der Waals surface area contributed by atoms with E-state index in [1.807, 2.05) is 19.1 Å². The number of benzene rings is 2. The zero-order valence-corrected chi connectivity index (χ0v) is 13.0. The third-order valence-corrected chi connectivity index (χ3v) is 3.75. The van der Waals surface area contributed by atoms with Crippen LogP contribution in [0.1, 0.15) is 42.1 Å². The van der Waals surface area contributed by atoms with Crippen LogP contribution < -0.4 is 5.32 Å². The van der Waals surface area contributed by atoms with E-state index in [-0.39, 0.29) is 11.9 Å². The third kappa shape index (κ3) is 4.45. The Balaban J connectivity index is 1.92. The highest BCUT2D eigenvalue weighted by Crippen LogP contribution is 2.13. The highest BCUT2D eigenvalue weighted by molar-refractivity contribution is 5.79. The van der Waals surface area contributed by atoms with Crippen LogP contribution in [0.3, 0.4) is 0 Å². The maximum Gasteiger partial charge on any atom is 0.224 e. The van der Waals surface area contributed by atoms with Gasteiger partial charge in [0.15, 0.2) is 0 Å². The lowest BCUT2D eigenvalue weighted by molar-refractivity contribution is -0.121. The van der Waals surface area contributed by atoms with E-state index in [1.54, 1.807) is 0 Å². The monoisotopic (exact) mass is 281 g/mol. The van der Waals surface area contributed by atoms with Gasteiger partial charge < -0.3 is 5.32 Å². The van der Waals surface area contributed by atoms with Crippen LogP contribution in [0, 0.1) is 6.92 Å². The standard InChI is InChI=1S/C19H23NO/c1-4-16-7-9-17(10-8-16)13-19(21)20-15(3)18-11-5-14(2)6-12-18/h5-12,15H,4,13H2,1-3H3,(H,20,21)/t15-/m1/s1. The fourth-order valence-corrected chi connectivity index (χ4v) is 2.31. The van der Waals surface area contributed by atoms with E-state index in [9.17, 15) is 4.79 Å². The molecule has 1 atom stereocenters. The molecule has 0 aliphatic heterocycles. The summed E-state index contributed by atoms with van der Waals surface area (Å²) in [5.41, 5.74) is 4.72. The Kier molecular flexibility index (Phi) is 5.15. The van der Waals surface area contributed by atoms with Gasteiger partial charge in [-0.05, 0) is 37.0 Å². The molecule has 0 radical (unpaired) electrons. The molecule has 0 heterocycles. The average molecular weight is 281 g/mol. The van der Waals surface area contributed by atoms with Crippen LogP contribution in [-0.4, -0.2) is 5.91 Å². The Morgan fingerprint density at radius 3 is 2.14 bits per heavy atom. The first-order valence-corrected chi connectivity index (χ1v) is 7.52. The summed E-state index contributed by atoms with van der Waals surface area (Å²) in [6.07, 6.45) is 1.46. The summed E-state index contributed by atoms with van der Waals surface area (Å²) >= 11 is 0. The van der Waals surface area contributed by atoms with E-state index in [0.717, 1.165) is 17.5 Å². The molecule has 110 valence electrons. The van der Waals surface area contributed by atoms with Crippen molar-refractivity contribution in [2.45, 2.75) is 39.7 Å². The number of hydrogen-bond donors (Lipinski definition) is 1. The van der Waals surface area contributed by atoms with Crippen LogP contribution in [0.4, 0.5) is 0 Å². The number of amides is 1. The predicted molar refractivity (Wildman–Crippen MR) is 87.3 cm³/mol. The predicted octanol–water partition coefficient (Wildman–Crippen LogP) is 3.98. The molecule has 0 saturated heterocycles. The first kappa shape index (κ1) is 15.3. The molecule has 0 saturated carbocycles. The van der Waals surface area contributed by atoms with Gasteiger partial charge >= 0.3 is 0 Å². The molecule has 0 aliphatic carbocycles. The lowest BCUT2D eigenvalue weighted by Gasteiger charge is -2.14. The Morgan fingerprint density at radius 2 is 1.57 bits per heavy atom. The van der Waals surface area contributed by atoms with Crippen molar-refractivity contribution in [2.24, 2.45) is 0 Å². The van der Waals surface area contributed by atoms with Gasteiger partial charge in [0.1, 0.15) is 0 Å². The van der Waals surface area contributed by atoms with Crippen molar-refractivity contribution in [3.8, 4) is 0 Å². The van der Waals surface area contributed by atoms with Crippen molar-refractivity contribution < 1.29 is 4.79 Å². The average Bonchev–Trinajstić information content (AvgIpc) is 2.48. The molecule has 2 aromatic rings. The van der Waals surface area contributed by atoms with Crippen LogP contribution in [-0.2, 0) is 17.6 Å². The second-order valence-electron chi connectivity index (χ2n) is 5.55. The maximum atomic E-state index is 12.1. The molecule has 0 bridgehead atoms. The SMILES string of the molecule is CCc1ccc(CC(=O)N[C@H](C)c2ccc(C)cc2)cc1. The zero-order valence-electron chi connectivity index (χ0n) is 13.0. The van der Waals surface area contributed by atoms with Crippen LogP contribution >= 0.6 is 0 Å². The van der Waals surface area contributed by atoms with E-state index in [4.69, 9.17) is 0 Å². The molecule has 0 unspecified atom stereocenters. The molecule has 0 fully saturated rings. The lowest BCUT2D eigenvalue weighted by atomic mass is 10.1. The molecule has 1 amide bonds. The van der Waals surface area contributed by atoms with Crippen molar-refractivity contribution >= 4 is 5.91 Å². The molecule has 2 nitrogen and oxygen atoms in total. The Morgan fingerprint density at radius 1 is 1.00 bits per heavy atom. The fourth-order valence-electron chi connectivity index (χ4n) is 2.31. The van der Waals surface area contributed by atoms with E-state index >= 15 is 0 Å². The van der Waals surface area contributed by atoms with Gasteiger partial charge in [-0.1, -0.05) is 61.0 Å². The van der Waals surface area contributed by atoms with Crippen molar-refractivity contribution in [1.29, 1.82) is 0 Å². The summed E-state index contributed by atoms with van der Waals surface area (Å²) in [6.45, 7) is 6.21. The number of carbonyl (C=O) groups excluding carboxylic acids is 1. The zero-order chi connectivity index (χ0) is 15.2. The van der Waals surface area contributed by atoms with Gasteiger partial charge in [-0.25, -0.2) is 0 Å². The van der Waals surface area contributed by atoms with Gasteiger partial charge in [-0.2, -0.15) is 0 Å². The van der Waals surface area contributed by atoms with Gasteiger partial charge in [0.2, 0.25) is 5.91 Å². The third-order valence-electron chi connectivity index (χ3n) is 3.75. The molecule has 1 N–H and O–H groups in total. The topological polar surface area (TPSA) is 29.1 Å². The number of aryl methyl sites for hydroxylation is 2. The molecular formula is C19H23NO. The van der Waals surface area contributed by atoms with Crippen LogP contribution in [0.5, 0.6) is 0 Å². The van der Waals surface area contributed by atoms with Crippen molar-refractivity contribution in [1.82, 2.24) is 5.32 Å². The summed E-state index contributed by atoms with van der Waals surface area (Å²) in [5, 5.41) is 3.05. The number of rotatable bonds is 5. The van der Waals surface area contributed by atoms with E-state index < -0.39 is 0 Å². The molecule has 0 aliphatic rings. The molecule has 2 aromatic carbocycles. The summed E-state index contributed by atoms with van der Waals surface area (Å²) in [7, 11) is 0. The first-order chi connectivity index (χ1) is 10.1. The van der Waals surface area contributed by atoms with Gasteiger partial charge in [0.05, 0.1) is 12.5 Å². The molecule has 0 aromatic heterocycles. The Bertz CT molecular complexity index is 584. The smallest absolute Gasteiger partial charge is 0.224 e. The van der Waals surface area contributed by atoms with Crippen molar-refractivity contribution in [3.05, 3.63) is 70.8 Å². The molecule has 0 spiro atoms. The van der Waals surface area contributed by atoms with Crippen LogP contribution in [0.25, 0.3) is 0 Å². The van der Waals surface area contributed by atoms with Gasteiger partial charge in [-0.15, -0.1) is 0 Å². The highest BCUT2D eigenvalue weighted by Gasteiger charge is 2.09. The summed E-state index contributed by atoms with van der Waals surface area (Å²) in [6, 6.07) is 16.6. The van der Waals surface area contributed by atoms with Crippen molar-refractivity contribution in [3.63, 3.8) is 0 Å². The fraction of sp³-hybridized carbons (Fsp3) is 0.316. The first-order valence-electron chi connectivity index (χ1n) is 7.52. The normalized spacial score (nSPS) is 12.0. The van der Waals surface area contributed by atoms with E-state index in [2.05, 4.69) is 55.6 Å². The van der Waals surface area contributed by atoms with Crippen LogP contribution in [0.15, 0.2) is 48.5 Å². The lowest BCUT2D eigenvalue weighted by Crippen LogP contribution is -2.28. The summed E-state index contributed by atoms with van der Waals surface area (Å²) < 4.78 is 0. The Labute approximate surface area is 127 Å². The van der Waals surface area contributed by atoms with E-state index in [0.29, 0.717) is 6.42 Å². The molecular weight excluding hydrogens is 258 g/mol. The molecule has 2 heteroatoms. The Hall–Kier alpha value is -2.09. The van der Waals surface area contributed by atoms with Gasteiger partial charge in [0, 0.05) is 0 Å². The van der Waals surface area contributed by atoms with Gasteiger partial charge in [0.25, 0.3) is 0 Å². The number of nitrogens with one attached hydrogen (secondary N) is 1. The van der Waals surface area contributed by atoms with E-state index in [1.165, 1.54) is 11.1 Å². The number of hydrogen-bond acceptors (Lipinski definition) is 1. The maximum absolute atomic E-state index is 12.1. The quantitative estimate of drug-likeness (QED) is 0.882. The van der Waals surface area contributed by atoms with Gasteiger partial charge in [-0.3, -0.25) is 4.79 Å². The second-order valence-corrected chi connectivity index (χ2v) is 5.55.